The monoisotopic (exact) mass is 308 g/mol. The van der Waals surface area contributed by atoms with E-state index in [0.29, 0.717) is 11.4 Å². The van der Waals surface area contributed by atoms with Crippen LogP contribution >= 0.6 is 0 Å². The molecule has 1 unspecified atom stereocenters. The lowest BCUT2D eigenvalue weighted by atomic mass is 10.1. The Labute approximate surface area is 127 Å². The Morgan fingerprint density at radius 2 is 2.14 bits per heavy atom. The molecule has 5 nitrogen and oxygen atoms in total. The van der Waals surface area contributed by atoms with Crippen LogP contribution < -0.4 is 10.6 Å². The number of hydrogen-bond donors (Lipinski definition) is 2. The van der Waals surface area contributed by atoms with Crippen molar-refractivity contribution < 1.29 is 13.6 Å². The third-order valence-electron chi connectivity index (χ3n) is 3.05. The van der Waals surface area contributed by atoms with E-state index in [2.05, 4.69) is 15.7 Å². The van der Waals surface area contributed by atoms with Gasteiger partial charge in [-0.1, -0.05) is 12.1 Å². The molecule has 0 aliphatic carbocycles. The normalized spacial score (nSPS) is 12.2. The van der Waals surface area contributed by atoms with Crippen molar-refractivity contribution in [3.63, 3.8) is 0 Å². The number of aromatic nitrogens is 2. The van der Waals surface area contributed by atoms with E-state index in [1.54, 1.807) is 12.3 Å². The van der Waals surface area contributed by atoms with Crippen LogP contribution in [0, 0.1) is 0 Å². The van der Waals surface area contributed by atoms with Crippen molar-refractivity contribution in [3.05, 3.63) is 42.2 Å². The van der Waals surface area contributed by atoms with Gasteiger partial charge in [0, 0.05) is 24.8 Å². The van der Waals surface area contributed by atoms with Gasteiger partial charge in [-0.2, -0.15) is 5.10 Å². The maximum absolute atomic E-state index is 12.3. The first-order valence-corrected chi connectivity index (χ1v) is 6.88. The first-order valence-electron chi connectivity index (χ1n) is 6.88. The molecule has 1 atom stereocenters. The van der Waals surface area contributed by atoms with E-state index < -0.39 is 13.0 Å². The van der Waals surface area contributed by atoms with Gasteiger partial charge in [-0.25, -0.2) is 8.78 Å². The highest BCUT2D eigenvalue weighted by Crippen LogP contribution is 2.21. The Bertz CT molecular complexity index is 642. The Morgan fingerprint density at radius 3 is 2.82 bits per heavy atom. The third kappa shape index (κ3) is 4.54. The summed E-state index contributed by atoms with van der Waals surface area (Å²) in [7, 11) is 0. The van der Waals surface area contributed by atoms with Crippen molar-refractivity contribution in [2.75, 3.05) is 10.6 Å². The average molecular weight is 308 g/mol. The van der Waals surface area contributed by atoms with E-state index in [9.17, 15) is 13.6 Å². The second kappa shape index (κ2) is 7.02. The fourth-order valence-corrected chi connectivity index (χ4v) is 2.10. The molecule has 0 saturated heterocycles. The smallest absolute Gasteiger partial charge is 0.257 e. The number of anilines is 2. The standard InChI is InChI=1S/C15H18F2N4O/c1-10(12-4-3-5-13(6-12)20-11(2)22)19-14-7-18-21(8-14)9-15(16)17/h3-8,10,15,19H,9H2,1-2H3,(H,20,22). The second-order valence-corrected chi connectivity index (χ2v) is 5.01. The molecular weight excluding hydrogens is 290 g/mol. The van der Waals surface area contributed by atoms with E-state index in [-0.39, 0.29) is 11.9 Å². The van der Waals surface area contributed by atoms with Gasteiger partial charge < -0.3 is 10.6 Å². The number of nitrogens with one attached hydrogen (secondary N) is 2. The molecule has 2 rings (SSSR count). The van der Waals surface area contributed by atoms with Crippen molar-refractivity contribution in [1.29, 1.82) is 0 Å². The van der Waals surface area contributed by atoms with Crippen molar-refractivity contribution in [3.8, 4) is 0 Å². The molecule has 0 fully saturated rings. The molecule has 118 valence electrons. The summed E-state index contributed by atoms with van der Waals surface area (Å²) in [6.07, 6.45) is 0.621. The van der Waals surface area contributed by atoms with Crippen LogP contribution in [0.1, 0.15) is 25.5 Å². The molecule has 2 aromatic rings. The summed E-state index contributed by atoms with van der Waals surface area (Å²) < 4.78 is 25.8. The van der Waals surface area contributed by atoms with E-state index in [1.807, 2.05) is 25.1 Å². The van der Waals surface area contributed by atoms with E-state index in [0.717, 1.165) is 5.56 Å². The summed E-state index contributed by atoms with van der Waals surface area (Å²) in [4.78, 5) is 11.1. The van der Waals surface area contributed by atoms with Gasteiger partial charge in [0.1, 0.15) is 6.54 Å². The zero-order valence-electron chi connectivity index (χ0n) is 12.4. The lowest BCUT2D eigenvalue weighted by Gasteiger charge is -2.15. The topological polar surface area (TPSA) is 59.0 Å². The van der Waals surface area contributed by atoms with Crippen molar-refractivity contribution in [1.82, 2.24) is 9.78 Å². The molecular formula is C15H18F2N4O. The largest absolute Gasteiger partial charge is 0.376 e. The summed E-state index contributed by atoms with van der Waals surface area (Å²) in [6.45, 7) is 2.97. The van der Waals surface area contributed by atoms with Gasteiger partial charge in [0.15, 0.2) is 0 Å². The predicted octanol–water partition coefficient (Wildman–Crippen LogP) is 3.28. The minimum atomic E-state index is -2.43. The third-order valence-corrected chi connectivity index (χ3v) is 3.05. The van der Waals surface area contributed by atoms with Crippen molar-refractivity contribution >= 4 is 17.3 Å². The number of alkyl halides is 2. The highest BCUT2D eigenvalue weighted by molar-refractivity contribution is 5.88. The van der Waals surface area contributed by atoms with Gasteiger partial charge in [-0.3, -0.25) is 9.48 Å². The van der Waals surface area contributed by atoms with E-state index >= 15 is 0 Å². The Kier molecular flexibility index (Phi) is 5.08. The number of benzene rings is 1. The molecule has 0 aliphatic rings. The Balaban J connectivity index is 2.03. The van der Waals surface area contributed by atoms with E-state index in [4.69, 9.17) is 0 Å². The lowest BCUT2D eigenvalue weighted by Crippen LogP contribution is -2.09. The number of rotatable bonds is 6. The van der Waals surface area contributed by atoms with Gasteiger partial charge in [0.05, 0.1) is 11.9 Å². The number of halogens is 2. The molecule has 1 aromatic carbocycles. The van der Waals surface area contributed by atoms with Gasteiger partial charge in [0.25, 0.3) is 6.43 Å². The fourth-order valence-electron chi connectivity index (χ4n) is 2.10. The molecule has 1 heterocycles. The maximum Gasteiger partial charge on any atom is 0.257 e. The SMILES string of the molecule is CC(=O)Nc1cccc(C(C)Nc2cnn(CC(F)F)c2)c1. The molecule has 22 heavy (non-hydrogen) atoms. The van der Waals surface area contributed by atoms with Crippen LogP contribution in [-0.4, -0.2) is 22.1 Å². The summed E-state index contributed by atoms with van der Waals surface area (Å²) >= 11 is 0. The zero-order chi connectivity index (χ0) is 16.1. The number of carbonyl (C=O) groups is 1. The molecule has 1 amide bonds. The summed E-state index contributed by atoms with van der Waals surface area (Å²) in [5.41, 5.74) is 2.35. The molecule has 0 saturated carbocycles. The van der Waals surface area contributed by atoms with Crippen LogP contribution in [0.4, 0.5) is 20.2 Å². The first-order chi connectivity index (χ1) is 10.4. The minimum absolute atomic E-state index is 0.0575. The molecule has 0 bridgehead atoms. The molecule has 7 heteroatoms. The van der Waals surface area contributed by atoms with Crippen molar-refractivity contribution in [2.24, 2.45) is 0 Å². The highest BCUT2D eigenvalue weighted by atomic mass is 19.3. The van der Waals surface area contributed by atoms with Crippen LogP contribution in [0.15, 0.2) is 36.7 Å². The quantitative estimate of drug-likeness (QED) is 0.861. The van der Waals surface area contributed by atoms with Gasteiger partial charge in [-0.05, 0) is 24.6 Å². The number of hydrogen-bond acceptors (Lipinski definition) is 3. The van der Waals surface area contributed by atoms with Crippen LogP contribution in [0.5, 0.6) is 0 Å². The van der Waals surface area contributed by atoms with Gasteiger partial charge >= 0.3 is 0 Å². The predicted molar refractivity (Wildman–Crippen MR) is 81.0 cm³/mol. The molecule has 0 aliphatic heterocycles. The Morgan fingerprint density at radius 1 is 1.36 bits per heavy atom. The summed E-state index contributed by atoms with van der Waals surface area (Å²) in [5, 5.41) is 9.79. The molecule has 0 radical (unpaired) electrons. The fraction of sp³-hybridized carbons (Fsp3) is 0.333. The van der Waals surface area contributed by atoms with Crippen LogP contribution in [-0.2, 0) is 11.3 Å². The summed E-state index contributed by atoms with van der Waals surface area (Å²) in [5.74, 6) is -0.133. The van der Waals surface area contributed by atoms with Gasteiger partial charge in [-0.15, -0.1) is 0 Å². The lowest BCUT2D eigenvalue weighted by molar-refractivity contribution is -0.114. The van der Waals surface area contributed by atoms with Crippen LogP contribution in [0.25, 0.3) is 0 Å². The van der Waals surface area contributed by atoms with Crippen LogP contribution in [0.3, 0.4) is 0 Å². The number of nitrogens with zero attached hydrogens (tertiary/aromatic N) is 2. The van der Waals surface area contributed by atoms with E-state index in [1.165, 1.54) is 17.8 Å². The highest BCUT2D eigenvalue weighted by Gasteiger charge is 2.10. The minimum Gasteiger partial charge on any atom is -0.376 e. The van der Waals surface area contributed by atoms with Gasteiger partial charge in [0.2, 0.25) is 5.91 Å². The summed E-state index contributed by atoms with van der Waals surface area (Å²) in [6, 6.07) is 7.38. The van der Waals surface area contributed by atoms with Crippen LogP contribution in [0.2, 0.25) is 0 Å². The second-order valence-electron chi connectivity index (χ2n) is 5.01. The number of amides is 1. The van der Waals surface area contributed by atoms with Crippen molar-refractivity contribution in [2.45, 2.75) is 32.9 Å². The molecule has 1 aromatic heterocycles. The zero-order valence-corrected chi connectivity index (χ0v) is 12.4. The Hall–Kier alpha value is -2.44. The average Bonchev–Trinajstić information content (AvgIpc) is 2.84. The molecule has 2 N–H and O–H groups in total. The molecule has 0 spiro atoms. The first kappa shape index (κ1) is 15.9. The maximum atomic E-state index is 12.3. The number of carbonyl (C=O) groups excluding carboxylic acids is 1.